The van der Waals surface area contributed by atoms with Gasteiger partial charge in [0.25, 0.3) is 0 Å². The van der Waals surface area contributed by atoms with Crippen LogP contribution in [0.5, 0.6) is 0 Å². The fourth-order valence-electron chi connectivity index (χ4n) is 1.28. The summed E-state index contributed by atoms with van der Waals surface area (Å²) in [5.74, 6) is 0.255. The summed E-state index contributed by atoms with van der Waals surface area (Å²) in [5, 5.41) is 4.46. The molecule has 2 nitrogen and oxygen atoms in total. The SMILES string of the molecule is Cl.Fc1cccc(Cl)c1CSC1=NCCN1. The topological polar surface area (TPSA) is 24.4 Å². The summed E-state index contributed by atoms with van der Waals surface area (Å²) in [5.41, 5.74) is 0.542. The van der Waals surface area contributed by atoms with Crippen LogP contribution in [0.15, 0.2) is 23.2 Å². The molecule has 1 N–H and O–H groups in total. The average molecular weight is 281 g/mol. The van der Waals surface area contributed by atoms with E-state index < -0.39 is 0 Å². The van der Waals surface area contributed by atoms with Crippen molar-refractivity contribution < 1.29 is 4.39 Å². The molecule has 0 atom stereocenters. The standard InChI is InChI=1S/C10H10ClFN2S.ClH/c11-8-2-1-3-9(12)7(8)6-15-10-13-4-5-14-10;/h1-3H,4-6H2,(H,13,14);1H. The predicted molar refractivity (Wildman–Crippen MR) is 70.3 cm³/mol. The maximum absolute atomic E-state index is 13.4. The molecule has 1 aliphatic rings. The van der Waals surface area contributed by atoms with Crippen molar-refractivity contribution in [3.8, 4) is 0 Å². The number of amidine groups is 1. The summed E-state index contributed by atoms with van der Waals surface area (Å²) in [6.07, 6.45) is 0. The van der Waals surface area contributed by atoms with Gasteiger partial charge in [-0.3, -0.25) is 4.99 Å². The highest BCUT2D eigenvalue weighted by Crippen LogP contribution is 2.24. The zero-order chi connectivity index (χ0) is 10.7. The molecule has 0 radical (unpaired) electrons. The van der Waals surface area contributed by atoms with E-state index in [9.17, 15) is 4.39 Å². The molecule has 0 amide bonds. The molecule has 0 aromatic heterocycles. The second kappa shape index (κ2) is 6.33. The zero-order valence-electron chi connectivity index (χ0n) is 8.37. The maximum Gasteiger partial charge on any atom is 0.157 e. The van der Waals surface area contributed by atoms with E-state index in [0.717, 1.165) is 18.3 Å². The molecule has 1 aliphatic heterocycles. The van der Waals surface area contributed by atoms with Crippen LogP contribution in [0.25, 0.3) is 0 Å². The van der Waals surface area contributed by atoms with Crippen molar-refractivity contribution in [1.29, 1.82) is 0 Å². The molecule has 0 bridgehead atoms. The zero-order valence-corrected chi connectivity index (χ0v) is 10.8. The average Bonchev–Trinajstić information content (AvgIpc) is 2.70. The Labute approximate surface area is 109 Å². The maximum atomic E-state index is 13.4. The molecule has 2 rings (SSSR count). The van der Waals surface area contributed by atoms with Gasteiger partial charge in [0.2, 0.25) is 0 Å². The molecule has 0 fully saturated rings. The molecule has 0 saturated carbocycles. The van der Waals surface area contributed by atoms with Crippen LogP contribution in [-0.4, -0.2) is 18.3 Å². The molecule has 1 aromatic rings. The monoisotopic (exact) mass is 280 g/mol. The van der Waals surface area contributed by atoms with Crippen molar-refractivity contribution in [1.82, 2.24) is 5.32 Å². The number of nitrogens with one attached hydrogen (secondary N) is 1. The number of nitrogens with zero attached hydrogens (tertiary/aromatic N) is 1. The van der Waals surface area contributed by atoms with Crippen LogP contribution >= 0.6 is 35.8 Å². The van der Waals surface area contributed by atoms with Crippen LogP contribution < -0.4 is 5.32 Å². The van der Waals surface area contributed by atoms with E-state index in [0.29, 0.717) is 16.3 Å². The van der Waals surface area contributed by atoms with Crippen molar-refractivity contribution in [2.75, 3.05) is 13.1 Å². The molecule has 16 heavy (non-hydrogen) atoms. The lowest BCUT2D eigenvalue weighted by molar-refractivity contribution is 0.617. The first-order valence-electron chi connectivity index (χ1n) is 4.61. The van der Waals surface area contributed by atoms with Gasteiger partial charge in [-0.15, -0.1) is 12.4 Å². The summed E-state index contributed by atoms with van der Waals surface area (Å²) >= 11 is 7.38. The van der Waals surface area contributed by atoms with Gasteiger partial charge in [-0.25, -0.2) is 4.39 Å². The Morgan fingerprint density at radius 3 is 2.94 bits per heavy atom. The summed E-state index contributed by atoms with van der Waals surface area (Å²) in [6, 6.07) is 4.73. The van der Waals surface area contributed by atoms with Gasteiger partial charge in [0.1, 0.15) is 5.82 Å². The minimum atomic E-state index is -0.256. The quantitative estimate of drug-likeness (QED) is 0.900. The normalized spacial score (nSPS) is 14.0. The number of aliphatic imine (C=N–C) groups is 1. The molecule has 6 heteroatoms. The van der Waals surface area contributed by atoms with Crippen LogP contribution in [0.3, 0.4) is 0 Å². The first kappa shape index (κ1) is 13.6. The van der Waals surface area contributed by atoms with Crippen LogP contribution in [0, 0.1) is 5.82 Å². The fourth-order valence-corrected chi connectivity index (χ4v) is 2.55. The van der Waals surface area contributed by atoms with Crippen molar-refractivity contribution >= 4 is 40.9 Å². The number of benzene rings is 1. The smallest absolute Gasteiger partial charge is 0.157 e. The molecular weight excluding hydrogens is 270 g/mol. The van der Waals surface area contributed by atoms with Gasteiger partial charge in [0, 0.05) is 22.9 Å². The Morgan fingerprint density at radius 2 is 2.31 bits per heavy atom. The van der Waals surface area contributed by atoms with Gasteiger partial charge in [0.15, 0.2) is 5.17 Å². The van der Waals surface area contributed by atoms with Gasteiger partial charge in [0.05, 0.1) is 6.54 Å². The molecule has 0 spiro atoms. The van der Waals surface area contributed by atoms with Crippen LogP contribution in [0.4, 0.5) is 4.39 Å². The van der Waals surface area contributed by atoms with Crippen LogP contribution in [0.1, 0.15) is 5.56 Å². The van der Waals surface area contributed by atoms with Crippen LogP contribution in [0.2, 0.25) is 5.02 Å². The molecule has 0 unspecified atom stereocenters. The fraction of sp³-hybridized carbons (Fsp3) is 0.300. The molecule has 1 heterocycles. The van der Waals surface area contributed by atoms with E-state index >= 15 is 0 Å². The van der Waals surface area contributed by atoms with Gasteiger partial charge >= 0.3 is 0 Å². The van der Waals surface area contributed by atoms with Gasteiger partial charge < -0.3 is 5.32 Å². The van der Waals surface area contributed by atoms with Crippen molar-refractivity contribution in [3.05, 3.63) is 34.6 Å². The third-order valence-electron chi connectivity index (χ3n) is 2.06. The molecule has 88 valence electrons. The first-order chi connectivity index (χ1) is 7.27. The Morgan fingerprint density at radius 1 is 1.50 bits per heavy atom. The third-order valence-corrected chi connectivity index (χ3v) is 3.39. The minimum Gasteiger partial charge on any atom is -0.363 e. The first-order valence-corrected chi connectivity index (χ1v) is 5.98. The summed E-state index contributed by atoms with van der Waals surface area (Å²) in [7, 11) is 0. The van der Waals surface area contributed by atoms with Crippen LogP contribution in [-0.2, 0) is 5.75 Å². The number of thioether (sulfide) groups is 1. The van der Waals surface area contributed by atoms with Gasteiger partial charge in [-0.1, -0.05) is 29.4 Å². The van der Waals surface area contributed by atoms with E-state index in [4.69, 9.17) is 11.6 Å². The Hall–Kier alpha value is -0.450. The molecule has 1 aromatic carbocycles. The number of hydrogen-bond acceptors (Lipinski definition) is 3. The second-order valence-electron chi connectivity index (χ2n) is 3.10. The number of halogens is 3. The highest BCUT2D eigenvalue weighted by molar-refractivity contribution is 8.13. The van der Waals surface area contributed by atoms with Crippen molar-refractivity contribution in [2.45, 2.75) is 5.75 Å². The third kappa shape index (κ3) is 3.27. The lowest BCUT2D eigenvalue weighted by atomic mass is 10.2. The van der Waals surface area contributed by atoms with E-state index in [1.807, 2.05) is 0 Å². The predicted octanol–water partition coefficient (Wildman–Crippen LogP) is 3.09. The number of rotatable bonds is 2. The summed E-state index contributed by atoms with van der Waals surface area (Å²) in [4.78, 5) is 4.21. The molecule has 0 saturated heterocycles. The second-order valence-corrected chi connectivity index (χ2v) is 4.47. The lowest BCUT2D eigenvalue weighted by Gasteiger charge is -2.05. The largest absolute Gasteiger partial charge is 0.363 e. The van der Waals surface area contributed by atoms with Crippen molar-refractivity contribution in [2.24, 2.45) is 4.99 Å². The van der Waals surface area contributed by atoms with E-state index in [2.05, 4.69) is 10.3 Å². The summed E-state index contributed by atoms with van der Waals surface area (Å²) in [6.45, 7) is 1.67. The minimum absolute atomic E-state index is 0. The van der Waals surface area contributed by atoms with Gasteiger partial charge in [-0.05, 0) is 12.1 Å². The highest BCUT2D eigenvalue weighted by atomic mass is 35.5. The molecular formula is C10H11Cl2FN2S. The summed E-state index contributed by atoms with van der Waals surface area (Å²) < 4.78 is 13.4. The highest BCUT2D eigenvalue weighted by Gasteiger charge is 2.10. The van der Waals surface area contributed by atoms with E-state index in [-0.39, 0.29) is 18.2 Å². The van der Waals surface area contributed by atoms with Crippen molar-refractivity contribution in [3.63, 3.8) is 0 Å². The Bertz CT molecular complexity index is 378. The van der Waals surface area contributed by atoms with E-state index in [1.165, 1.54) is 17.8 Å². The Balaban J connectivity index is 0.00000128. The lowest BCUT2D eigenvalue weighted by Crippen LogP contribution is -2.15. The van der Waals surface area contributed by atoms with Gasteiger partial charge in [-0.2, -0.15) is 0 Å². The number of hydrogen-bond donors (Lipinski definition) is 1. The molecule has 0 aliphatic carbocycles. The van der Waals surface area contributed by atoms with E-state index in [1.54, 1.807) is 12.1 Å². The Kier molecular flexibility index (Phi) is 5.38.